The Hall–Kier alpha value is -3.14. The van der Waals surface area contributed by atoms with Crippen LogP contribution >= 0.6 is 11.8 Å². The van der Waals surface area contributed by atoms with Crippen LogP contribution in [-0.2, 0) is 17.8 Å². The average molecular weight is 427 g/mol. The van der Waals surface area contributed by atoms with Crippen LogP contribution in [0.1, 0.15) is 31.9 Å². The molecule has 30 heavy (non-hydrogen) atoms. The van der Waals surface area contributed by atoms with Gasteiger partial charge >= 0.3 is 6.03 Å². The van der Waals surface area contributed by atoms with Crippen molar-refractivity contribution in [3.63, 3.8) is 0 Å². The van der Waals surface area contributed by atoms with Crippen molar-refractivity contribution >= 4 is 23.7 Å². The fraction of sp³-hybridized carbons (Fsp3) is 0.350. The molecule has 0 fully saturated rings. The van der Waals surface area contributed by atoms with Gasteiger partial charge in [-0.2, -0.15) is 4.68 Å². The number of amides is 3. The van der Waals surface area contributed by atoms with E-state index in [1.54, 1.807) is 6.92 Å². The second-order valence-corrected chi connectivity index (χ2v) is 8.48. The molecule has 0 saturated heterocycles. The second kappa shape index (κ2) is 8.31. The highest BCUT2D eigenvalue weighted by Crippen LogP contribution is 2.32. The van der Waals surface area contributed by atoms with Gasteiger partial charge in [0.2, 0.25) is 5.91 Å². The number of carbonyl (C=O) groups is 2. The number of primary amides is 1. The molecule has 3 heterocycles. The van der Waals surface area contributed by atoms with Crippen LogP contribution in [0, 0.1) is 0 Å². The van der Waals surface area contributed by atoms with Crippen molar-refractivity contribution in [3.8, 4) is 17.1 Å². The second-order valence-electron chi connectivity index (χ2n) is 7.17. The molecule has 0 aromatic heterocycles. The molecule has 9 nitrogen and oxygen atoms in total. The number of nitrogens with zero attached hydrogens (tertiary/aromatic N) is 4. The molecule has 3 aliphatic rings. The number of urea groups is 1. The summed E-state index contributed by atoms with van der Waals surface area (Å²) in [4.78, 5) is 41.0. The molecule has 156 valence electrons. The fourth-order valence-electron chi connectivity index (χ4n) is 3.62. The molecule has 3 N–H and O–H groups in total. The van der Waals surface area contributed by atoms with Crippen LogP contribution in [0.5, 0.6) is 0 Å². The van der Waals surface area contributed by atoms with E-state index in [0.717, 1.165) is 31.4 Å². The summed E-state index contributed by atoms with van der Waals surface area (Å²) in [7, 11) is 0. The van der Waals surface area contributed by atoms with Crippen LogP contribution in [0.3, 0.4) is 0 Å². The number of hydrogen-bond donors (Lipinski definition) is 2. The molecule has 0 unspecified atom stereocenters. The first-order chi connectivity index (χ1) is 14.5. The van der Waals surface area contributed by atoms with E-state index in [-0.39, 0.29) is 5.56 Å². The summed E-state index contributed by atoms with van der Waals surface area (Å²) in [5.74, 6) is -0.126. The Morgan fingerprint density at radius 3 is 2.70 bits per heavy atom. The molecular formula is C20H22N6O3S. The van der Waals surface area contributed by atoms with Gasteiger partial charge in [0.25, 0.3) is 5.56 Å². The highest BCUT2D eigenvalue weighted by Gasteiger charge is 2.28. The molecule has 1 aromatic carbocycles. The quantitative estimate of drug-likeness (QED) is 0.485. The van der Waals surface area contributed by atoms with Gasteiger partial charge in [-0.15, -0.1) is 5.10 Å². The van der Waals surface area contributed by atoms with Crippen LogP contribution < -0.4 is 16.6 Å². The van der Waals surface area contributed by atoms with Crippen LogP contribution in [0.2, 0.25) is 0 Å². The number of thioether (sulfide) groups is 1. The molecule has 3 aliphatic heterocycles. The van der Waals surface area contributed by atoms with Gasteiger partial charge in [0.05, 0.1) is 10.9 Å². The lowest BCUT2D eigenvalue weighted by atomic mass is 10.1. The molecule has 0 aliphatic carbocycles. The van der Waals surface area contributed by atoms with E-state index in [2.05, 4.69) is 15.4 Å². The highest BCUT2D eigenvalue weighted by molar-refractivity contribution is 8.00. The molecular weight excluding hydrogens is 404 g/mol. The minimum atomic E-state index is -0.889. The Morgan fingerprint density at radius 1 is 1.20 bits per heavy atom. The number of para-hydroxylation sites is 1. The molecule has 0 radical (unpaired) electrons. The van der Waals surface area contributed by atoms with Gasteiger partial charge in [-0.05, 0) is 38.3 Å². The predicted molar refractivity (Wildman–Crippen MR) is 113 cm³/mol. The summed E-state index contributed by atoms with van der Waals surface area (Å²) in [5, 5.41) is 6.58. The number of hydrogen-bond acceptors (Lipinski definition) is 6. The van der Waals surface area contributed by atoms with Crippen LogP contribution in [0.4, 0.5) is 4.79 Å². The van der Waals surface area contributed by atoms with Gasteiger partial charge in [0.15, 0.2) is 11.0 Å². The van der Waals surface area contributed by atoms with E-state index in [0.29, 0.717) is 28.8 Å². The van der Waals surface area contributed by atoms with Crippen molar-refractivity contribution in [3.05, 3.63) is 46.4 Å². The minimum absolute atomic E-state index is 0.189. The molecule has 3 amide bonds. The Kier molecular flexibility index (Phi) is 5.58. The van der Waals surface area contributed by atoms with Gasteiger partial charge in [-0.3, -0.25) is 14.9 Å². The molecule has 4 rings (SSSR count). The maximum absolute atomic E-state index is 13.2. The van der Waals surface area contributed by atoms with Crippen molar-refractivity contribution in [2.24, 2.45) is 5.73 Å². The molecule has 0 bridgehead atoms. The monoisotopic (exact) mass is 426 g/mol. The van der Waals surface area contributed by atoms with E-state index in [9.17, 15) is 14.4 Å². The Labute approximate surface area is 177 Å². The molecule has 0 saturated carbocycles. The van der Waals surface area contributed by atoms with Crippen molar-refractivity contribution in [2.75, 3.05) is 0 Å². The van der Waals surface area contributed by atoms with E-state index in [4.69, 9.17) is 5.73 Å². The normalized spacial score (nSPS) is 14.7. The van der Waals surface area contributed by atoms with Gasteiger partial charge in [0.1, 0.15) is 5.56 Å². The minimum Gasteiger partial charge on any atom is -0.351 e. The predicted octanol–water partition coefficient (Wildman–Crippen LogP) is 1.94. The summed E-state index contributed by atoms with van der Waals surface area (Å²) in [6.45, 7) is 2.39. The number of fused-ring (bicyclic) bond motifs is 3. The van der Waals surface area contributed by atoms with Gasteiger partial charge in [-0.1, -0.05) is 36.4 Å². The topological polar surface area (TPSA) is 125 Å². The SMILES string of the molecule is C[C@H](Sc1nc2nn(-c3ccccc3)c(=O)c-2c2n1CCCCC2)C(=O)NC(N)=O. The summed E-state index contributed by atoms with van der Waals surface area (Å²) in [6.07, 6.45) is 3.72. The zero-order valence-corrected chi connectivity index (χ0v) is 17.3. The Bertz CT molecular complexity index is 1120. The van der Waals surface area contributed by atoms with E-state index in [1.165, 1.54) is 16.4 Å². The number of benzene rings is 1. The maximum atomic E-state index is 13.2. The number of imide groups is 1. The summed E-state index contributed by atoms with van der Waals surface area (Å²) in [5.41, 5.74) is 6.97. The number of nitrogens with two attached hydrogens (primary N) is 1. The first-order valence-corrected chi connectivity index (χ1v) is 10.7. The lowest BCUT2D eigenvalue weighted by Gasteiger charge is -2.19. The number of nitrogens with one attached hydrogen (secondary N) is 1. The number of carbonyl (C=O) groups excluding carboxylic acids is 2. The Morgan fingerprint density at radius 2 is 1.97 bits per heavy atom. The van der Waals surface area contributed by atoms with Crippen LogP contribution in [0.25, 0.3) is 17.1 Å². The summed E-state index contributed by atoms with van der Waals surface area (Å²) < 4.78 is 3.40. The van der Waals surface area contributed by atoms with Gasteiger partial charge in [0, 0.05) is 12.2 Å². The summed E-state index contributed by atoms with van der Waals surface area (Å²) >= 11 is 1.22. The lowest BCUT2D eigenvalue weighted by Crippen LogP contribution is -2.39. The third kappa shape index (κ3) is 3.82. The van der Waals surface area contributed by atoms with Crippen molar-refractivity contribution in [2.45, 2.75) is 49.6 Å². The summed E-state index contributed by atoms with van der Waals surface area (Å²) in [6, 6.07) is 8.34. The zero-order valence-electron chi connectivity index (χ0n) is 16.5. The number of aromatic nitrogens is 4. The van der Waals surface area contributed by atoms with Crippen molar-refractivity contribution < 1.29 is 9.59 Å². The Balaban J connectivity index is 1.83. The first-order valence-electron chi connectivity index (χ1n) is 9.80. The third-order valence-corrected chi connectivity index (χ3v) is 6.16. The first kappa shape index (κ1) is 20.1. The lowest BCUT2D eigenvalue weighted by molar-refractivity contribution is -0.119. The smallest absolute Gasteiger partial charge is 0.318 e. The highest BCUT2D eigenvalue weighted by atomic mass is 32.2. The third-order valence-electron chi connectivity index (χ3n) is 5.07. The van der Waals surface area contributed by atoms with E-state index < -0.39 is 17.2 Å². The van der Waals surface area contributed by atoms with E-state index >= 15 is 0 Å². The van der Waals surface area contributed by atoms with Crippen LogP contribution in [0.15, 0.2) is 40.3 Å². The van der Waals surface area contributed by atoms with Gasteiger partial charge in [-0.25, -0.2) is 9.78 Å². The molecule has 1 atom stereocenters. The average Bonchev–Trinajstić information content (AvgIpc) is 2.89. The number of rotatable bonds is 4. The van der Waals surface area contributed by atoms with E-state index in [1.807, 2.05) is 34.9 Å². The molecule has 1 aromatic rings. The largest absolute Gasteiger partial charge is 0.351 e. The maximum Gasteiger partial charge on any atom is 0.318 e. The van der Waals surface area contributed by atoms with Crippen molar-refractivity contribution in [1.29, 1.82) is 0 Å². The molecule has 0 spiro atoms. The standard InChI is InChI=1S/C20H22N6O3S/c1-12(17(27)23-19(21)29)30-20-22-16-15(14-10-6-3-7-11-25(14)20)18(28)26(24-16)13-8-4-2-5-9-13/h2,4-5,8-9,12H,3,6-7,10-11H2,1H3,(H3,21,23,27,29)/t12-/m0/s1. The van der Waals surface area contributed by atoms with Gasteiger partial charge < -0.3 is 10.3 Å². The fourth-order valence-corrected chi connectivity index (χ4v) is 4.57. The molecule has 10 heteroatoms. The van der Waals surface area contributed by atoms with Crippen molar-refractivity contribution in [1.82, 2.24) is 24.6 Å². The zero-order chi connectivity index (χ0) is 21.3. The van der Waals surface area contributed by atoms with Crippen LogP contribution in [-0.4, -0.2) is 36.5 Å².